The zero-order valence-corrected chi connectivity index (χ0v) is 13.0. The van der Waals surface area contributed by atoms with Crippen molar-refractivity contribution in [2.24, 2.45) is 10.7 Å². The van der Waals surface area contributed by atoms with Crippen LogP contribution in [0, 0.1) is 6.92 Å². The number of fused-ring (bicyclic) bond motifs is 1. The number of H-pyrrole nitrogens is 1. The maximum atomic E-state index is 11.7. The predicted molar refractivity (Wildman–Crippen MR) is 86.3 cm³/mol. The minimum absolute atomic E-state index is 0.0698. The number of carbonyl (C=O) groups is 1. The molecule has 0 saturated carbocycles. The number of nitrogens with two attached hydrogens (primary N) is 1. The van der Waals surface area contributed by atoms with Crippen LogP contribution in [0.2, 0.25) is 0 Å². The van der Waals surface area contributed by atoms with Crippen molar-refractivity contribution < 1.29 is 9.53 Å². The quantitative estimate of drug-likeness (QED) is 0.384. The number of methoxy groups -OCH3 is 1. The van der Waals surface area contributed by atoms with E-state index in [0.29, 0.717) is 35.8 Å². The van der Waals surface area contributed by atoms with Crippen molar-refractivity contribution in [1.29, 1.82) is 0 Å². The number of rotatable bonds is 7. The molecule has 122 valence electrons. The first-order chi connectivity index (χ1) is 11.1. The first-order valence-electron chi connectivity index (χ1n) is 7.06. The highest BCUT2D eigenvalue weighted by atomic mass is 16.5. The molecule has 4 N–H and O–H groups in total. The Labute approximate surface area is 133 Å². The predicted octanol–water partition coefficient (Wildman–Crippen LogP) is 0.359. The van der Waals surface area contributed by atoms with Crippen molar-refractivity contribution in [3.8, 4) is 0 Å². The molecular weight excluding hydrogens is 298 g/mol. The third-order valence-electron chi connectivity index (χ3n) is 2.93. The maximum absolute atomic E-state index is 11.7. The fourth-order valence-electron chi connectivity index (χ4n) is 1.81. The summed E-state index contributed by atoms with van der Waals surface area (Å²) in [6, 6.07) is 0. The van der Waals surface area contributed by atoms with Crippen LogP contribution in [0.5, 0.6) is 0 Å². The lowest BCUT2D eigenvalue weighted by molar-refractivity contribution is -0.117. The van der Waals surface area contributed by atoms with Crippen LogP contribution in [0.25, 0.3) is 11.0 Å². The molecule has 2 heterocycles. The SMILES string of the molecule is COCCCNC(=O)/C(N)=C/C=Nc1nc(C)nc2[nH]ncc12. The van der Waals surface area contributed by atoms with Gasteiger partial charge in [0.05, 0.1) is 17.3 Å². The van der Waals surface area contributed by atoms with Crippen LogP contribution in [0.4, 0.5) is 5.82 Å². The Morgan fingerprint density at radius 3 is 3.13 bits per heavy atom. The molecule has 23 heavy (non-hydrogen) atoms. The summed E-state index contributed by atoms with van der Waals surface area (Å²) in [6.45, 7) is 2.84. The highest BCUT2D eigenvalue weighted by Gasteiger charge is 2.06. The fourth-order valence-corrected chi connectivity index (χ4v) is 1.81. The first kappa shape index (κ1) is 16.6. The highest BCUT2D eigenvalue weighted by Crippen LogP contribution is 2.20. The standard InChI is InChI=1S/C14H19N7O2/c1-9-19-12(10-8-18-21-13(10)20-9)16-6-4-11(15)14(22)17-5-3-7-23-2/h4,6,8H,3,5,7,15H2,1-2H3,(H,17,22)(H,18,19,20,21)/b11-4-,16-6?. The van der Waals surface area contributed by atoms with Gasteiger partial charge >= 0.3 is 0 Å². The second-order valence-electron chi connectivity index (χ2n) is 4.73. The van der Waals surface area contributed by atoms with E-state index in [9.17, 15) is 4.79 Å². The number of hydrogen-bond donors (Lipinski definition) is 3. The second kappa shape index (κ2) is 7.99. The van der Waals surface area contributed by atoms with E-state index < -0.39 is 0 Å². The van der Waals surface area contributed by atoms with Gasteiger partial charge in [0.2, 0.25) is 0 Å². The van der Waals surface area contributed by atoms with E-state index in [-0.39, 0.29) is 11.6 Å². The highest BCUT2D eigenvalue weighted by molar-refractivity contribution is 5.97. The van der Waals surface area contributed by atoms with Crippen LogP contribution in [-0.2, 0) is 9.53 Å². The van der Waals surface area contributed by atoms with Gasteiger partial charge in [0, 0.05) is 26.5 Å². The molecule has 0 fully saturated rings. The van der Waals surface area contributed by atoms with E-state index in [0.717, 1.165) is 6.42 Å². The number of allylic oxidation sites excluding steroid dienone is 1. The third-order valence-corrected chi connectivity index (χ3v) is 2.93. The Kier molecular flexibility index (Phi) is 5.75. The topological polar surface area (TPSA) is 131 Å². The average Bonchev–Trinajstić information content (AvgIpc) is 2.99. The number of aliphatic imine (C=N–C) groups is 1. The summed E-state index contributed by atoms with van der Waals surface area (Å²) in [4.78, 5) is 24.4. The molecule has 0 unspecified atom stereocenters. The van der Waals surface area contributed by atoms with E-state index in [1.54, 1.807) is 20.2 Å². The lowest BCUT2D eigenvalue weighted by Gasteiger charge is -2.03. The fraction of sp³-hybridized carbons (Fsp3) is 0.357. The normalized spacial score (nSPS) is 12.2. The largest absolute Gasteiger partial charge is 0.394 e. The van der Waals surface area contributed by atoms with E-state index in [2.05, 4.69) is 30.5 Å². The van der Waals surface area contributed by atoms with Crippen LogP contribution in [0.15, 0.2) is 23.0 Å². The third kappa shape index (κ3) is 4.58. The number of aromatic nitrogens is 4. The molecule has 2 rings (SSSR count). The summed E-state index contributed by atoms with van der Waals surface area (Å²) in [5.41, 5.74) is 6.37. The molecule has 0 aromatic carbocycles. The summed E-state index contributed by atoms with van der Waals surface area (Å²) in [7, 11) is 1.61. The second-order valence-corrected chi connectivity index (χ2v) is 4.73. The Hall–Kier alpha value is -2.81. The molecule has 0 aliphatic rings. The zero-order valence-electron chi connectivity index (χ0n) is 13.0. The van der Waals surface area contributed by atoms with Gasteiger partial charge in [0.25, 0.3) is 5.91 Å². The van der Waals surface area contributed by atoms with Gasteiger partial charge in [-0.2, -0.15) is 5.10 Å². The number of nitrogens with one attached hydrogen (secondary N) is 2. The molecule has 0 bridgehead atoms. The van der Waals surface area contributed by atoms with Gasteiger partial charge in [-0.05, 0) is 19.4 Å². The zero-order chi connectivity index (χ0) is 16.7. The van der Waals surface area contributed by atoms with Crippen molar-refractivity contribution in [3.05, 3.63) is 23.8 Å². The van der Waals surface area contributed by atoms with Crippen molar-refractivity contribution in [2.45, 2.75) is 13.3 Å². The van der Waals surface area contributed by atoms with Crippen LogP contribution < -0.4 is 11.1 Å². The van der Waals surface area contributed by atoms with E-state index in [1.807, 2.05) is 0 Å². The number of aromatic amines is 1. The summed E-state index contributed by atoms with van der Waals surface area (Å²) in [6.07, 6.45) is 5.17. The number of nitrogens with zero attached hydrogens (tertiary/aromatic N) is 4. The first-order valence-corrected chi connectivity index (χ1v) is 7.06. The Morgan fingerprint density at radius 1 is 1.52 bits per heavy atom. The number of aryl methyl sites for hydroxylation is 1. The number of amides is 1. The number of hydrogen-bond acceptors (Lipinski definition) is 7. The number of carbonyl (C=O) groups excluding carboxylic acids is 1. The molecule has 2 aromatic rings. The van der Waals surface area contributed by atoms with Crippen molar-refractivity contribution >= 4 is 29.0 Å². The Balaban J connectivity index is 2.01. The van der Waals surface area contributed by atoms with Gasteiger partial charge in [-0.15, -0.1) is 0 Å². The molecule has 0 saturated heterocycles. The van der Waals surface area contributed by atoms with Crippen LogP contribution in [0.3, 0.4) is 0 Å². The van der Waals surface area contributed by atoms with Crippen molar-refractivity contribution in [3.63, 3.8) is 0 Å². The van der Waals surface area contributed by atoms with Crippen LogP contribution in [0.1, 0.15) is 12.2 Å². The van der Waals surface area contributed by atoms with Crippen molar-refractivity contribution in [1.82, 2.24) is 25.5 Å². The summed E-state index contributed by atoms with van der Waals surface area (Å²) in [5.74, 6) is 0.687. The molecule has 0 atom stereocenters. The smallest absolute Gasteiger partial charge is 0.267 e. The van der Waals surface area contributed by atoms with E-state index in [4.69, 9.17) is 10.5 Å². The molecule has 0 radical (unpaired) electrons. The minimum atomic E-state index is -0.347. The molecule has 2 aromatic heterocycles. The van der Waals surface area contributed by atoms with Crippen LogP contribution in [-0.4, -0.2) is 52.5 Å². The summed E-state index contributed by atoms with van der Waals surface area (Å²) >= 11 is 0. The van der Waals surface area contributed by atoms with Gasteiger partial charge < -0.3 is 15.8 Å². The lowest BCUT2D eigenvalue weighted by Crippen LogP contribution is -2.29. The molecule has 1 amide bonds. The average molecular weight is 317 g/mol. The van der Waals surface area contributed by atoms with Gasteiger partial charge in [0.15, 0.2) is 11.5 Å². The molecule has 0 spiro atoms. The lowest BCUT2D eigenvalue weighted by atomic mass is 10.3. The van der Waals surface area contributed by atoms with E-state index in [1.165, 1.54) is 12.3 Å². The maximum Gasteiger partial charge on any atom is 0.267 e. The minimum Gasteiger partial charge on any atom is -0.394 e. The molecular formula is C14H19N7O2. The monoisotopic (exact) mass is 317 g/mol. The Morgan fingerprint density at radius 2 is 2.35 bits per heavy atom. The van der Waals surface area contributed by atoms with Gasteiger partial charge in [-0.3, -0.25) is 9.89 Å². The molecule has 0 aliphatic heterocycles. The molecule has 9 nitrogen and oxygen atoms in total. The van der Waals surface area contributed by atoms with Gasteiger partial charge in [-0.25, -0.2) is 15.0 Å². The Bertz CT molecular complexity index is 736. The summed E-state index contributed by atoms with van der Waals surface area (Å²) < 4.78 is 4.90. The van der Waals surface area contributed by atoms with Crippen LogP contribution >= 0.6 is 0 Å². The summed E-state index contributed by atoms with van der Waals surface area (Å²) in [5, 5.41) is 10.1. The molecule has 9 heteroatoms. The van der Waals surface area contributed by atoms with Gasteiger partial charge in [0.1, 0.15) is 5.82 Å². The molecule has 0 aliphatic carbocycles. The van der Waals surface area contributed by atoms with E-state index >= 15 is 0 Å². The van der Waals surface area contributed by atoms with Crippen molar-refractivity contribution in [2.75, 3.05) is 20.3 Å². The number of ether oxygens (including phenoxy) is 1. The van der Waals surface area contributed by atoms with Gasteiger partial charge in [-0.1, -0.05) is 0 Å².